The van der Waals surface area contributed by atoms with E-state index in [-0.39, 0.29) is 5.75 Å². The van der Waals surface area contributed by atoms with E-state index in [0.717, 1.165) is 51.5 Å². The molecule has 30 heavy (non-hydrogen) atoms. The monoisotopic (exact) mass is 437 g/mol. The van der Waals surface area contributed by atoms with Crippen molar-refractivity contribution >= 4 is 15.8 Å². The molecule has 1 aromatic rings. The molecule has 1 atom stereocenters. The van der Waals surface area contributed by atoms with E-state index < -0.39 is 9.84 Å². The molecule has 0 amide bonds. The molecule has 2 rings (SSSR count). The summed E-state index contributed by atoms with van der Waals surface area (Å²) in [7, 11) is -0.758. The fourth-order valence-electron chi connectivity index (χ4n) is 3.50. The van der Waals surface area contributed by atoms with Crippen molar-refractivity contribution in [1.82, 2.24) is 20.4 Å². The highest BCUT2D eigenvalue weighted by molar-refractivity contribution is 7.90. The molecule has 0 radical (unpaired) electrons. The average molecular weight is 438 g/mol. The van der Waals surface area contributed by atoms with Gasteiger partial charge in [0.25, 0.3) is 0 Å². The third-order valence-corrected chi connectivity index (χ3v) is 6.52. The summed E-state index contributed by atoms with van der Waals surface area (Å²) in [6, 6.07) is 11.2. The summed E-state index contributed by atoms with van der Waals surface area (Å²) < 4.78 is 22.7. The lowest BCUT2D eigenvalue weighted by atomic mass is 10.1. The Kier molecular flexibility index (Phi) is 10.1. The second-order valence-corrected chi connectivity index (χ2v) is 10.6. The van der Waals surface area contributed by atoms with Crippen molar-refractivity contribution in [2.45, 2.75) is 45.3 Å². The first-order valence-corrected chi connectivity index (χ1v) is 13.0. The summed E-state index contributed by atoms with van der Waals surface area (Å²) in [5.41, 5.74) is 1.31. The second-order valence-electron chi connectivity index (χ2n) is 8.36. The van der Waals surface area contributed by atoms with Gasteiger partial charge in [-0.2, -0.15) is 0 Å². The standard InChI is InChI=1S/C22H39N5O2S/c1-5-23-22(24-17-19(2)26(3)18-20-9-7-6-8-10-20)25-21-11-13-27(14-12-21)15-16-30(4,28)29/h6-10,19,21H,5,11-18H2,1-4H3,(H2,23,24,25). The van der Waals surface area contributed by atoms with Crippen molar-refractivity contribution in [3.8, 4) is 0 Å². The van der Waals surface area contributed by atoms with Gasteiger partial charge in [0.05, 0.1) is 12.3 Å². The first-order chi connectivity index (χ1) is 14.3. The Morgan fingerprint density at radius 3 is 2.53 bits per heavy atom. The maximum atomic E-state index is 11.4. The van der Waals surface area contributed by atoms with E-state index in [2.05, 4.69) is 65.6 Å². The highest BCUT2D eigenvalue weighted by Crippen LogP contribution is 2.11. The fraction of sp³-hybridized carbons (Fsp3) is 0.682. The molecular formula is C22H39N5O2S. The first kappa shape index (κ1) is 24.6. The fourth-order valence-corrected chi connectivity index (χ4v) is 4.09. The molecule has 170 valence electrons. The van der Waals surface area contributed by atoms with Crippen molar-refractivity contribution in [2.75, 3.05) is 51.8 Å². The van der Waals surface area contributed by atoms with Crippen molar-refractivity contribution < 1.29 is 8.42 Å². The third kappa shape index (κ3) is 9.45. The van der Waals surface area contributed by atoms with E-state index in [1.807, 2.05) is 6.07 Å². The zero-order valence-electron chi connectivity index (χ0n) is 19.0. The number of guanidine groups is 1. The Labute approximate surface area is 182 Å². The minimum atomic E-state index is -2.90. The van der Waals surface area contributed by atoms with E-state index in [9.17, 15) is 8.42 Å². The lowest BCUT2D eigenvalue weighted by Gasteiger charge is -2.33. The van der Waals surface area contributed by atoms with Gasteiger partial charge >= 0.3 is 0 Å². The van der Waals surface area contributed by atoms with Gasteiger partial charge in [-0.3, -0.25) is 9.89 Å². The number of rotatable bonds is 10. The Hall–Kier alpha value is -1.64. The summed E-state index contributed by atoms with van der Waals surface area (Å²) in [6.07, 6.45) is 3.30. The van der Waals surface area contributed by atoms with Gasteiger partial charge in [0.1, 0.15) is 9.84 Å². The van der Waals surface area contributed by atoms with Crippen LogP contribution < -0.4 is 10.6 Å². The molecule has 0 spiro atoms. The highest BCUT2D eigenvalue weighted by Gasteiger charge is 2.21. The number of benzene rings is 1. The summed E-state index contributed by atoms with van der Waals surface area (Å²) in [4.78, 5) is 9.38. The van der Waals surface area contributed by atoms with Crippen LogP contribution in [-0.4, -0.2) is 88.0 Å². The van der Waals surface area contributed by atoms with Crippen LogP contribution in [0.25, 0.3) is 0 Å². The number of piperidine rings is 1. The van der Waals surface area contributed by atoms with E-state index in [1.54, 1.807) is 0 Å². The lowest BCUT2D eigenvalue weighted by molar-refractivity contribution is 0.216. The normalized spacial score (nSPS) is 17.8. The van der Waals surface area contributed by atoms with Gasteiger partial charge < -0.3 is 15.5 Å². The Balaban J connectivity index is 1.80. The molecule has 1 unspecified atom stereocenters. The smallest absolute Gasteiger partial charge is 0.191 e. The van der Waals surface area contributed by atoms with Crippen molar-refractivity contribution in [3.05, 3.63) is 35.9 Å². The van der Waals surface area contributed by atoms with E-state index in [0.29, 0.717) is 18.6 Å². The van der Waals surface area contributed by atoms with Gasteiger partial charge in [-0.25, -0.2) is 8.42 Å². The number of likely N-dealkylation sites (N-methyl/N-ethyl adjacent to an activating group) is 1. The highest BCUT2D eigenvalue weighted by atomic mass is 32.2. The van der Waals surface area contributed by atoms with Crippen LogP contribution in [-0.2, 0) is 16.4 Å². The molecule has 1 aliphatic rings. The number of nitrogens with one attached hydrogen (secondary N) is 2. The number of hydrogen-bond acceptors (Lipinski definition) is 5. The molecule has 1 aromatic carbocycles. The first-order valence-electron chi connectivity index (χ1n) is 11.0. The van der Waals surface area contributed by atoms with Gasteiger partial charge in [0.2, 0.25) is 0 Å². The Morgan fingerprint density at radius 1 is 1.27 bits per heavy atom. The van der Waals surface area contributed by atoms with Crippen molar-refractivity contribution in [2.24, 2.45) is 4.99 Å². The molecular weight excluding hydrogens is 398 g/mol. The third-order valence-electron chi connectivity index (χ3n) is 5.59. The van der Waals surface area contributed by atoms with E-state index >= 15 is 0 Å². The predicted octanol–water partition coefficient (Wildman–Crippen LogP) is 1.57. The van der Waals surface area contributed by atoms with Gasteiger partial charge in [-0.15, -0.1) is 0 Å². The van der Waals surface area contributed by atoms with Crippen LogP contribution in [0.4, 0.5) is 0 Å². The number of aliphatic imine (C=N–C) groups is 1. The van der Waals surface area contributed by atoms with Crippen LogP contribution in [0.15, 0.2) is 35.3 Å². The SMILES string of the molecule is CCNC(=NCC(C)N(C)Cc1ccccc1)NC1CCN(CCS(C)(=O)=O)CC1. The minimum Gasteiger partial charge on any atom is -0.357 e. The summed E-state index contributed by atoms with van der Waals surface area (Å²) in [5.74, 6) is 1.11. The van der Waals surface area contributed by atoms with E-state index in [4.69, 9.17) is 4.99 Å². The number of hydrogen-bond donors (Lipinski definition) is 2. The van der Waals surface area contributed by atoms with E-state index in [1.165, 1.54) is 11.8 Å². The zero-order chi connectivity index (χ0) is 22.0. The molecule has 2 N–H and O–H groups in total. The number of sulfone groups is 1. The molecule has 0 bridgehead atoms. The molecule has 0 saturated carbocycles. The number of likely N-dealkylation sites (tertiary alicyclic amines) is 1. The Bertz CT molecular complexity index is 746. The lowest BCUT2D eigenvalue weighted by Crippen LogP contribution is -2.49. The van der Waals surface area contributed by atoms with Crippen LogP contribution in [0.2, 0.25) is 0 Å². The predicted molar refractivity (Wildman–Crippen MR) is 126 cm³/mol. The quantitative estimate of drug-likeness (QED) is 0.427. The zero-order valence-corrected chi connectivity index (χ0v) is 19.8. The van der Waals surface area contributed by atoms with Crippen molar-refractivity contribution in [3.63, 3.8) is 0 Å². The maximum absolute atomic E-state index is 11.4. The van der Waals surface area contributed by atoms with Gasteiger partial charge in [0.15, 0.2) is 5.96 Å². The molecule has 1 heterocycles. The van der Waals surface area contributed by atoms with Gasteiger partial charge in [0, 0.05) is 51.1 Å². The molecule has 1 fully saturated rings. The van der Waals surface area contributed by atoms with Crippen LogP contribution in [0.1, 0.15) is 32.3 Å². The number of nitrogens with zero attached hydrogens (tertiary/aromatic N) is 3. The largest absolute Gasteiger partial charge is 0.357 e. The summed E-state index contributed by atoms with van der Waals surface area (Å²) in [5, 5.41) is 6.93. The Morgan fingerprint density at radius 2 is 1.93 bits per heavy atom. The van der Waals surface area contributed by atoms with Crippen LogP contribution in [0.3, 0.4) is 0 Å². The molecule has 1 aliphatic heterocycles. The molecule has 7 nitrogen and oxygen atoms in total. The molecule has 8 heteroatoms. The summed E-state index contributed by atoms with van der Waals surface area (Å²) >= 11 is 0. The van der Waals surface area contributed by atoms with Crippen LogP contribution in [0, 0.1) is 0 Å². The molecule has 0 aliphatic carbocycles. The molecule has 0 aromatic heterocycles. The van der Waals surface area contributed by atoms with Gasteiger partial charge in [-0.1, -0.05) is 30.3 Å². The molecule has 1 saturated heterocycles. The second kappa shape index (κ2) is 12.3. The van der Waals surface area contributed by atoms with Crippen molar-refractivity contribution in [1.29, 1.82) is 0 Å². The average Bonchev–Trinajstić information content (AvgIpc) is 2.71. The maximum Gasteiger partial charge on any atom is 0.191 e. The summed E-state index contributed by atoms with van der Waals surface area (Å²) in [6.45, 7) is 9.22. The van der Waals surface area contributed by atoms with Crippen LogP contribution in [0.5, 0.6) is 0 Å². The topological polar surface area (TPSA) is 77.0 Å². The van der Waals surface area contributed by atoms with Crippen LogP contribution >= 0.6 is 0 Å². The van der Waals surface area contributed by atoms with Gasteiger partial charge in [-0.05, 0) is 39.3 Å². The minimum absolute atomic E-state index is 0.240.